The molecule has 1 N–H and O–H groups in total. The smallest absolute Gasteiger partial charge is 0.411 e. The zero-order chi connectivity index (χ0) is 11.6. The average molecular weight is 276 g/mol. The van der Waals surface area contributed by atoms with Gasteiger partial charge in [0.2, 0.25) is 4.60 Å². The first-order valence-corrected chi connectivity index (χ1v) is 4.50. The van der Waals surface area contributed by atoms with Gasteiger partial charge >= 0.3 is 11.9 Å². The predicted octanol–water partition coefficient (Wildman–Crippen LogP) is 1.87. The van der Waals surface area contributed by atoms with E-state index in [2.05, 4.69) is 20.9 Å². The average Bonchev–Trinajstić information content (AvgIpc) is 2.16. The lowest BCUT2D eigenvalue weighted by molar-refractivity contribution is -0.388. The Hall–Kier alpha value is -1.70. The highest BCUT2D eigenvalue weighted by atomic mass is 79.9. The summed E-state index contributed by atoms with van der Waals surface area (Å²) in [5.74, 6) is -0.505. The number of hydrogen-bond donors (Lipinski definition) is 1. The van der Waals surface area contributed by atoms with E-state index in [1.54, 1.807) is 0 Å². The fourth-order valence-corrected chi connectivity index (χ4v) is 1.22. The van der Waals surface area contributed by atoms with Crippen molar-refractivity contribution in [3.8, 4) is 0 Å². The van der Waals surface area contributed by atoms with Crippen LogP contribution in [0.25, 0.3) is 0 Å². The first-order chi connectivity index (χ1) is 6.93. The Balaban J connectivity index is 3.28. The second-order valence-corrected chi connectivity index (χ2v) is 3.39. The second-order valence-electron chi connectivity index (χ2n) is 2.58. The lowest BCUT2D eigenvalue weighted by Crippen LogP contribution is -2.24. The highest BCUT2D eigenvalue weighted by Gasteiger charge is 2.22. The van der Waals surface area contributed by atoms with Crippen LogP contribution in [0, 0.1) is 10.1 Å². The Morgan fingerprint density at radius 3 is 2.73 bits per heavy atom. The third-order valence-electron chi connectivity index (χ3n) is 1.64. The molecule has 0 bridgehead atoms. The highest BCUT2D eigenvalue weighted by Crippen LogP contribution is 2.26. The minimum atomic E-state index is -1.29. The summed E-state index contributed by atoms with van der Waals surface area (Å²) in [6.45, 7) is 0. The molecule has 1 aromatic rings. The Morgan fingerprint density at radius 2 is 2.27 bits per heavy atom. The maximum Gasteiger partial charge on any atom is 0.411 e. The van der Waals surface area contributed by atoms with Crippen molar-refractivity contribution >= 4 is 33.5 Å². The summed E-state index contributed by atoms with van der Waals surface area (Å²) in [4.78, 5) is 24.8. The van der Waals surface area contributed by atoms with Crippen LogP contribution >= 0.6 is 15.9 Å². The summed E-state index contributed by atoms with van der Waals surface area (Å²) < 4.78 is 0.275. The molecular formula is C7H6BrN3O4. The first-order valence-electron chi connectivity index (χ1n) is 3.71. The predicted molar refractivity (Wildman–Crippen MR) is 55.0 cm³/mol. The van der Waals surface area contributed by atoms with Gasteiger partial charge in [-0.15, -0.1) is 0 Å². The molecule has 80 valence electrons. The standard InChI is InChI=1S/C7H6BrN3O4/c1-10(7(12)13)4-2-3-5(8)9-6(4)11(14)15/h2-3H,1H3,(H,12,13). The third kappa shape index (κ3) is 2.40. The van der Waals surface area contributed by atoms with Crippen LogP contribution in [-0.2, 0) is 0 Å². The van der Waals surface area contributed by atoms with E-state index >= 15 is 0 Å². The van der Waals surface area contributed by atoms with Gasteiger partial charge in [-0.25, -0.2) is 4.79 Å². The SMILES string of the molecule is CN(C(=O)O)c1ccc(Br)nc1[N+](=O)[O-]. The molecule has 0 aliphatic rings. The zero-order valence-corrected chi connectivity index (χ0v) is 9.13. The van der Waals surface area contributed by atoms with E-state index in [9.17, 15) is 14.9 Å². The number of anilines is 1. The third-order valence-corrected chi connectivity index (χ3v) is 2.08. The monoisotopic (exact) mass is 275 g/mol. The maximum atomic E-state index is 10.6. The quantitative estimate of drug-likeness (QED) is 0.505. The zero-order valence-electron chi connectivity index (χ0n) is 7.55. The van der Waals surface area contributed by atoms with E-state index in [-0.39, 0.29) is 10.3 Å². The molecule has 0 aliphatic heterocycles. The van der Waals surface area contributed by atoms with Crippen molar-refractivity contribution < 1.29 is 14.8 Å². The van der Waals surface area contributed by atoms with Gasteiger partial charge in [0.25, 0.3) is 0 Å². The number of rotatable bonds is 2. The van der Waals surface area contributed by atoms with E-state index < -0.39 is 16.8 Å². The molecule has 1 aromatic heterocycles. The van der Waals surface area contributed by atoms with Gasteiger partial charge in [-0.05, 0) is 22.0 Å². The Labute approximate surface area is 92.6 Å². The van der Waals surface area contributed by atoms with Crippen LogP contribution in [0.3, 0.4) is 0 Å². The first kappa shape index (κ1) is 11.4. The molecule has 7 nitrogen and oxygen atoms in total. The van der Waals surface area contributed by atoms with Crippen molar-refractivity contribution in [2.45, 2.75) is 0 Å². The Bertz CT molecular complexity index is 423. The minimum absolute atomic E-state index is 0.0734. The molecule has 0 aliphatic carbocycles. The molecule has 1 heterocycles. The van der Waals surface area contributed by atoms with Gasteiger partial charge in [0.15, 0.2) is 0 Å². The van der Waals surface area contributed by atoms with Gasteiger partial charge in [0, 0.05) is 23.0 Å². The molecular weight excluding hydrogens is 270 g/mol. The number of hydrogen-bond acceptors (Lipinski definition) is 4. The van der Waals surface area contributed by atoms with E-state index in [0.29, 0.717) is 0 Å². The molecule has 1 rings (SSSR count). The lowest BCUT2D eigenvalue weighted by Gasteiger charge is -2.11. The number of aromatic nitrogens is 1. The fourth-order valence-electron chi connectivity index (χ4n) is 0.917. The molecule has 8 heteroatoms. The molecule has 0 saturated carbocycles. The number of halogens is 1. The topological polar surface area (TPSA) is 96.6 Å². The molecule has 15 heavy (non-hydrogen) atoms. The normalized spacial score (nSPS) is 9.73. The number of nitro groups is 1. The maximum absolute atomic E-state index is 10.6. The molecule has 0 fully saturated rings. The van der Waals surface area contributed by atoms with Crippen LogP contribution in [0.15, 0.2) is 16.7 Å². The number of nitrogens with zero attached hydrogens (tertiary/aromatic N) is 3. The largest absolute Gasteiger partial charge is 0.465 e. The van der Waals surface area contributed by atoms with E-state index in [0.717, 1.165) is 4.90 Å². The fraction of sp³-hybridized carbons (Fsp3) is 0.143. The molecule has 0 atom stereocenters. The lowest BCUT2D eigenvalue weighted by atomic mass is 10.3. The van der Waals surface area contributed by atoms with Crippen LogP contribution < -0.4 is 4.90 Å². The number of carboxylic acid groups (broad SMARTS) is 1. The van der Waals surface area contributed by atoms with Crippen molar-refractivity contribution in [2.24, 2.45) is 0 Å². The summed E-state index contributed by atoms with van der Waals surface area (Å²) >= 11 is 2.97. The molecule has 0 aromatic carbocycles. The van der Waals surface area contributed by atoms with Crippen molar-refractivity contribution in [3.63, 3.8) is 0 Å². The van der Waals surface area contributed by atoms with Crippen LogP contribution in [0.1, 0.15) is 0 Å². The van der Waals surface area contributed by atoms with Crippen molar-refractivity contribution in [1.29, 1.82) is 0 Å². The van der Waals surface area contributed by atoms with E-state index in [1.165, 1.54) is 19.2 Å². The second kappa shape index (κ2) is 4.22. The van der Waals surface area contributed by atoms with E-state index in [1.807, 2.05) is 0 Å². The minimum Gasteiger partial charge on any atom is -0.465 e. The molecule has 0 radical (unpaired) electrons. The number of amides is 1. The van der Waals surface area contributed by atoms with Crippen LogP contribution in [0.5, 0.6) is 0 Å². The number of carbonyl (C=O) groups is 1. The van der Waals surface area contributed by atoms with Crippen LogP contribution in [0.4, 0.5) is 16.3 Å². The summed E-state index contributed by atoms with van der Waals surface area (Å²) in [6.07, 6.45) is -1.29. The van der Waals surface area contributed by atoms with E-state index in [4.69, 9.17) is 5.11 Å². The summed E-state index contributed by atoms with van der Waals surface area (Å²) in [5, 5.41) is 19.3. The molecule has 1 amide bonds. The summed E-state index contributed by atoms with van der Waals surface area (Å²) in [5.41, 5.74) is -0.0734. The molecule has 0 saturated heterocycles. The van der Waals surface area contributed by atoms with Gasteiger partial charge < -0.3 is 15.2 Å². The van der Waals surface area contributed by atoms with Crippen LogP contribution in [0.2, 0.25) is 0 Å². The van der Waals surface area contributed by atoms with Gasteiger partial charge in [0.05, 0.1) is 0 Å². The number of pyridine rings is 1. The molecule has 0 spiro atoms. The van der Waals surface area contributed by atoms with Gasteiger partial charge in [-0.1, -0.05) is 0 Å². The van der Waals surface area contributed by atoms with Crippen molar-refractivity contribution in [3.05, 3.63) is 26.9 Å². The summed E-state index contributed by atoms with van der Waals surface area (Å²) in [6, 6.07) is 2.74. The van der Waals surface area contributed by atoms with Crippen molar-refractivity contribution in [2.75, 3.05) is 11.9 Å². The molecule has 0 unspecified atom stereocenters. The van der Waals surface area contributed by atoms with Gasteiger partial charge in [0.1, 0.15) is 5.69 Å². The van der Waals surface area contributed by atoms with Crippen molar-refractivity contribution in [1.82, 2.24) is 4.98 Å². The van der Waals surface area contributed by atoms with Gasteiger partial charge in [-0.2, -0.15) is 0 Å². The highest BCUT2D eigenvalue weighted by molar-refractivity contribution is 9.10. The van der Waals surface area contributed by atoms with Gasteiger partial charge in [-0.3, -0.25) is 4.90 Å². The summed E-state index contributed by atoms with van der Waals surface area (Å²) in [7, 11) is 1.21. The Kier molecular flexibility index (Phi) is 3.20. The Morgan fingerprint density at radius 1 is 1.67 bits per heavy atom. The van der Waals surface area contributed by atoms with Crippen LogP contribution in [-0.4, -0.2) is 28.2 Å².